The zero-order chi connectivity index (χ0) is 8.69. The van der Waals surface area contributed by atoms with E-state index < -0.39 is 5.97 Å². The molecular weight excluding hydrogens is 142 g/mol. The molecule has 0 aliphatic carbocycles. The zero-order valence-electron chi connectivity index (χ0n) is 6.87. The second-order valence-corrected chi connectivity index (χ2v) is 2.06. The zero-order valence-corrected chi connectivity index (χ0v) is 6.87. The maximum atomic E-state index is 10.1. The van der Waals surface area contributed by atoms with Crippen molar-refractivity contribution in [2.24, 2.45) is 4.99 Å². The topological polar surface area (TPSA) is 49.7 Å². The molecule has 11 heavy (non-hydrogen) atoms. The molecule has 0 aromatic heterocycles. The molecule has 0 bridgehead atoms. The number of aliphatic imine (C=N–C) groups is 1. The van der Waals surface area contributed by atoms with Crippen molar-refractivity contribution in [3.63, 3.8) is 0 Å². The van der Waals surface area contributed by atoms with Gasteiger partial charge in [0.2, 0.25) is 0 Å². The van der Waals surface area contributed by atoms with Crippen LogP contribution >= 0.6 is 0 Å². The number of nitrogens with zero attached hydrogens (tertiary/aromatic N) is 1. The molecule has 0 saturated heterocycles. The first-order chi connectivity index (χ1) is 5.20. The summed E-state index contributed by atoms with van der Waals surface area (Å²) in [7, 11) is 0. The third-order valence-corrected chi connectivity index (χ3v) is 1.22. The summed E-state index contributed by atoms with van der Waals surface area (Å²) in [5.41, 5.74) is 0.829. The summed E-state index contributed by atoms with van der Waals surface area (Å²) in [6, 6.07) is 0. The van der Waals surface area contributed by atoms with Gasteiger partial charge in [0.1, 0.15) is 0 Å². The van der Waals surface area contributed by atoms with Gasteiger partial charge in [-0.2, -0.15) is 0 Å². The van der Waals surface area contributed by atoms with E-state index in [1.807, 2.05) is 19.9 Å². The van der Waals surface area contributed by atoms with E-state index in [2.05, 4.69) is 4.99 Å². The summed E-state index contributed by atoms with van der Waals surface area (Å²) in [5.74, 6) is -0.782. The minimum atomic E-state index is -0.782. The van der Waals surface area contributed by atoms with Crippen LogP contribution in [0, 0.1) is 0 Å². The van der Waals surface area contributed by atoms with Crippen molar-refractivity contribution in [1.29, 1.82) is 0 Å². The van der Waals surface area contributed by atoms with Gasteiger partial charge in [0.05, 0.1) is 6.42 Å². The summed E-state index contributed by atoms with van der Waals surface area (Å²) in [5, 5.41) is 8.35. The molecule has 0 aromatic rings. The van der Waals surface area contributed by atoms with Crippen LogP contribution in [0.25, 0.3) is 0 Å². The Balaban J connectivity index is 3.81. The molecule has 3 nitrogen and oxygen atoms in total. The number of hydrogen-bond acceptors (Lipinski definition) is 2. The number of allylic oxidation sites excluding steroid dienone is 2. The molecule has 0 aromatic carbocycles. The van der Waals surface area contributed by atoms with Crippen LogP contribution in [0.15, 0.2) is 16.8 Å². The number of carboxylic acids is 1. The van der Waals surface area contributed by atoms with Crippen LogP contribution in [0.5, 0.6) is 0 Å². The van der Waals surface area contributed by atoms with Gasteiger partial charge in [-0.3, -0.25) is 9.79 Å². The Morgan fingerprint density at radius 1 is 1.45 bits per heavy atom. The molecule has 0 atom stereocenters. The number of carbonyl (C=O) groups is 1. The Morgan fingerprint density at radius 2 is 2.09 bits per heavy atom. The molecule has 0 aliphatic heterocycles. The van der Waals surface area contributed by atoms with Gasteiger partial charge in [-0.25, -0.2) is 0 Å². The molecule has 1 N–H and O–H groups in total. The minimum Gasteiger partial charge on any atom is -0.481 e. The van der Waals surface area contributed by atoms with Crippen molar-refractivity contribution in [2.45, 2.75) is 26.7 Å². The van der Waals surface area contributed by atoms with Crippen LogP contribution in [-0.2, 0) is 4.79 Å². The van der Waals surface area contributed by atoms with Gasteiger partial charge in [-0.1, -0.05) is 6.08 Å². The summed E-state index contributed by atoms with van der Waals surface area (Å²) in [6.45, 7) is 3.66. The van der Waals surface area contributed by atoms with E-state index in [9.17, 15) is 4.79 Å². The number of rotatable bonds is 4. The Hall–Kier alpha value is -1.12. The van der Waals surface area contributed by atoms with Gasteiger partial charge >= 0.3 is 5.97 Å². The van der Waals surface area contributed by atoms with E-state index in [4.69, 9.17) is 5.11 Å². The molecule has 0 rings (SSSR count). The summed E-state index contributed by atoms with van der Waals surface area (Å²) < 4.78 is 0. The summed E-state index contributed by atoms with van der Waals surface area (Å²) in [4.78, 5) is 14.1. The standard InChI is InChI=1S/C8H13NO2/c1-3-7(9-4-2)5-6-8(10)11/h3-4H,5-6H2,1-2H3,(H,10,11)/b7-3-,9-4?. The Kier molecular flexibility index (Phi) is 5.07. The average Bonchev–Trinajstić information content (AvgIpc) is 1.97. The van der Waals surface area contributed by atoms with Crippen molar-refractivity contribution in [3.8, 4) is 0 Å². The molecule has 0 amide bonds. The molecule has 62 valence electrons. The smallest absolute Gasteiger partial charge is 0.303 e. The van der Waals surface area contributed by atoms with Gasteiger partial charge < -0.3 is 5.11 Å². The lowest BCUT2D eigenvalue weighted by Crippen LogP contribution is -1.94. The third kappa shape index (κ3) is 5.33. The van der Waals surface area contributed by atoms with Crippen molar-refractivity contribution in [3.05, 3.63) is 11.8 Å². The summed E-state index contributed by atoms with van der Waals surface area (Å²) in [6.07, 6.45) is 4.15. The van der Waals surface area contributed by atoms with Crippen molar-refractivity contribution in [2.75, 3.05) is 0 Å². The quantitative estimate of drug-likeness (QED) is 0.630. The first-order valence-corrected chi connectivity index (χ1v) is 3.56. The molecule has 0 spiro atoms. The monoisotopic (exact) mass is 155 g/mol. The highest BCUT2D eigenvalue weighted by Crippen LogP contribution is 2.05. The lowest BCUT2D eigenvalue weighted by Gasteiger charge is -1.95. The van der Waals surface area contributed by atoms with Crippen LogP contribution in [-0.4, -0.2) is 17.3 Å². The van der Waals surface area contributed by atoms with Crippen LogP contribution in [0.3, 0.4) is 0 Å². The largest absolute Gasteiger partial charge is 0.481 e. The Labute approximate surface area is 66.5 Å². The van der Waals surface area contributed by atoms with Crippen LogP contribution in [0.2, 0.25) is 0 Å². The van der Waals surface area contributed by atoms with Crippen molar-refractivity contribution >= 4 is 12.2 Å². The SMILES string of the molecule is CC=N/C(=C\C)CCC(=O)O. The first kappa shape index (κ1) is 9.88. The first-order valence-electron chi connectivity index (χ1n) is 3.56. The fourth-order valence-corrected chi connectivity index (χ4v) is 0.684. The summed E-state index contributed by atoms with van der Waals surface area (Å²) >= 11 is 0. The van der Waals surface area contributed by atoms with Gasteiger partial charge in [0, 0.05) is 11.9 Å². The maximum Gasteiger partial charge on any atom is 0.303 e. The second kappa shape index (κ2) is 5.65. The highest BCUT2D eigenvalue weighted by atomic mass is 16.4. The Morgan fingerprint density at radius 3 is 2.45 bits per heavy atom. The second-order valence-electron chi connectivity index (χ2n) is 2.06. The van der Waals surface area contributed by atoms with Crippen LogP contribution < -0.4 is 0 Å². The normalized spacial score (nSPS) is 12.4. The van der Waals surface area contributed by atoms with Crippen molar-refractivity contribution in [1.82, 2.24) is 0 Å². The maximum absolute atomic E-state index is 10.1. The predicted molar refractivity (Wildman–Crippen MR) is 44.8 cm³/mol. The number of carboxylic acid groups (broad SMARTS) is 1. The molecule has 0 saturated carbocycles. The van der Waals surface area contributed by atoms with Crippen LogP contribution in [0.1, 0.15) is 26.7 Å². The molecule has 3 heteroatoms. The number of aliphatic carboxylic acids is 1. The van der Waals surface area contributed by atoms with Gasteiger partial charge in [-0.05, 0) is 20.3 Å². The lowest BCUT2D eigenvalue weighted by molar-refractivity contribution is -0.136. The molecule has 0 fully saturated rings. The molecule has 0 aliphatic rings. The highest BCUT2D eigenvalue weighted by molar-refractivity contribution is 5.67. The minimum absolute atomic E-state index is 0.150. The van der Waals surface area contributed by atoms with Gasteiger partial charge in [-0.15, -0.1) is 0 Å². The molecule has 0 radical (unpaired) electrons. The van der Waals surface area contributed by atoms with E-state index in [-0.39, 0.29) is 6.42 Å². The molecule has 0 unspecified atom stereocenters. The predicted octanol–water partition coefficient (Wildman–Crippen LogP) is 1.85. The lowest BCUT2D eigenvalue weighted by atomic mass is 10.2. The van der Waals surface area contributed by atoms with E-state index in [1.165, 1.54) is 0 Å². The molecular formula is C8H13NO2. The third-order valence-electron chi connectivity index (χ3n) is 1.22. The van der Waals surface area contributed by atoms with E-state index in [1.54, 1.807) is 6.21 Å². The van der Waals surface area contributed by atoms with E-state index >= 15 is 0 Å². The average molecular weight is 155 g/mol. The van der Waals surface area contributed by atoms with Crippen LogP contribution in [0.4, 0.5) is 0 Å². The fraction of sp³-hybridized carbons (Fsp3) is 0.500. The fourth-order valence-electron chi connectivity index (χ4n) is 0.684. The van der Waals surface area contributed by atoms with E-state index in [0.717, 1.165) is 5.70 Å². The highest BCUT2D eigenvalue weighted by Gasteiger charge is 1.98. The Bertz CT molecular complexity index is 183. The van der Waals surface area contributed by atoms with Crippen molar-refractivity contribution < 1.29 is 9.90 Å². The van der Waals surface area contributed by atoms with Gasteiger partial charge in [0.25, 0.3) is 0 Å². The molecule has 0 heterocycles. The number of hydrogen-bond donors (Lipinski definition) is 1. The van der Waals surface area contributed by atoms with Gasteiger partial charge in [0.15, 0.2) is 0 Å². The van der Waals surface area contributed by atoms with E-state index in [0.29, 0.717) is 6.42 Å².